The van der Waals surface area contributed by atoms with Gasteiger partial charge in [-0.25, -0.2) is 0 Å². The van der Waals surface area contributed by atoms with Gasteiger partial charge in [-0.1, -0.05) is 17.7 Å². The minimum atomic E-state index is -1.16. The van der Waals surface area contributed by atoms with E-state index in [1.54, 1.807) is 36.4 Å². The number of hydrogen-bond acceptors (Lipinski definition) is 5. The number of carboxylic acid groups (broad SMARTS) is 1. The Morgan fingerprint density at radius 2 is 1.82 bits per heavy atom. The summed E-state index contributed by atoms with van der Waals surface area (Å²) in [6.45, 7) is 0. The van der Waals surface area contributed by atoms with Crippen LogP contribution in [0.15, 0.2) is 47.3 Å². The van der Waals surface area contributed by atoms with Crippen LogP contribution in [0.5, 0.6) is 17.2 Å². The maximum Gasteiger partial charge on any atom is 0.303 e. The molecule has 8 heteroatoms. The first kappa shape index (κ1) is 19.4. The summed E-state index contributed by atoms with van der Waals surface area (Å²) in [5.41, 5.74) is -0.767. The van der Waals surface area contributed by atoms with Gasteiger partial charge in [0.25, 0.3) is 5.56 Å². The van der Waals surface area contributed by atoms with Crippen molar-refractivity contribution in [2.45, 2.75) is 12.8 Å². The van der Waals surface area contributed by atoms with Gasteiger partial charge < -0.3 is 19.5 Å². The van der Waals surface area contributed by atoms with Crippen LogP contribution >= 0.6 is 11.6 Å². The molecule has 0 saturated heterocycles. The molecule has 0 saturated carbocycles. The van der Waals surface area contributed by atoms with Crippen molar-refractivity contribution >= 4 is 34.3 Å². The number of aryl methyl sites for hydroxylation is 1. The van der Waals surface area contributed by atoms with Gasteiger partial charge in [0.05, 0.1) is 11.9 Å². The van der Waals surface area contributed by atoms with Crippen LogP contribution in [0, 0.1) is 0 Å². The van der Waals surface area contributed by atoms with E-state index in [9.17, 15) is 19.5 Å². The van der Waals surface area contributed by atoms with E-state index in [-0.39, 0.29) is 11.8 Å². The fourth-order valence-electron chi connectivity index (χ4n) is 2.83. The highest BCUT2D eigenvalue weighted by Crippen LogP contribution is 2.32. The molecule has 28 heavy (non-hydrogen) atoms. The molecule has 1 heterocycles. The van der Waals surface area contributed by atoms with Crippen LogP contribution < -0.4 is 10.3 Å². The van der Waals surface area contributed by atoms with Crippen LogP contribution in [0.2, 0.25) is 5.02 Å². The van der Waals surface area contributed by atoms with E-state index in [2.05, 4.69) is 0 Å². The number of rotatable bonds is 6. The Bertz CT molecular complexity index is 1150. The summed E-state index contributed by atoms with van der Waals surface area (Å²) in [5, 5.41) is 20.0. The third kappa shape index (κ3) is 3.84. The number of fused-ring (bicyclic) bond motifs is 1. The summed E-state index contributed by atoms with van der Waals surface area (Å²) in [6, 6.07) is 11.5. The topological polar surface area (TPSA) is 106 Å². The van der Waals surface area contributed by atoms with Gasteiger partial charge in [0, 0.05) is 29.9 Å². The third-order valence-corrected chi connectivity index (χ3v) is 4.45. The summed E-state index contributed by atoms with van der Waals surface area (Å²) >= 11 is 5.94. The van der Waals surface area contributed by atoms with Crippen LogP contribution in [-0.2, 0) is 11.8 Å². The Labute approximate surface area is 164 Å². The van der Waals surface area contributed by atoms with Crippen LogP contribution in [-0.4, -0.2) is 26.5 Å². The van der Waals surface area contributed by atoms with E-state index in [0.717, 1.165) is 0 Å². The standard InChI is InChI=1S/C20H16ClNO6/c1-22-15-10-13(28-12-4-2-3-11(21)9-12)5-6-14(15)19(26)18(20(22)27)16(23)7-8-17(24)25/h2-6,9-10,26H,7-8H2,1H3,(H,24,25). The normalized spacial score (nSPS) is 10.8. The number of nitrogens with zero attached hydrogens (tertiary/aromatic N) is 1. The molecular weight excluding hydrogens is 386 g/mol. The van der Waals surface area contributed by atoms with Crippen molar-refractivity contribution in [1.29, 1.82) is 0 Å². The van der Waals surface area contributed by atoms with Crippen molar-refractivity contribution in [3.8, 4) is 17.2 Å². The van der Waals surface area contributed by atoms with Crippen LogP contribution in [0.1, 0.15) is 23.2 Å². The molecule has 2 aromatic carbocycles. The van der Waals surface area contributed by atoms with Gasteiger partial charge in [-0.05, 0) is 30.3 Å². The van der Waals surface area contributed by atoms with Crippen molar-refractivity contribution in [1.82, 2.24) is 4.57 Å². The lowest BCUT2D eigenvalue weighted by molar-refractivity contribution is -0.136. The highest BCUT2D eigenvalue weighted by atomic mass is 35.5. The van der Waals surface area contributed by atoms with Crippen molar-refractivity contribution < 1.29 is 24.5 Å². The lowest BCUT2D eigenvalue weighted by atomic mass is 10.0. The van der Waals surface area contributed by atoms with Crippen molar-refractivity contribution in [3.05, 3.63) is 63.4 Å². The highest BCUT2D eigenvalue weighted by Gasteiger charge is 2.22. The number of pyridine rings is 1. The molecule has 0 amide bonds. The average Bonchev–Trinajstić information content (AvgIpc) is 2.64. The summed E-state index contributed by atoms with van der Waals surface area (Å²) in [6.07, 6.45) is -0.800. The van der Waals surface area contributed by atoms with Crippen LogP contribution in [0.3, 0.4) is 0 Å². The zero-order valence-electron chi connectivity index (χ0n) is 14.8. The number of hydrogen-bond donors (Lipinski definition) is 2. The van der Waals surface area contributed by atoms with Crippen LogP contribution in [0.4, 0.5) is 0 Å². The molecule has 1 aromatic heterocycles. The first-order valence-corrected chi connectivity index (χ1v) is 8.70. The third-order valence-electron chi connectivity index (χ3n) is 4.22. The lowest BCUT2D eigenvalue weighted by Gasteiger charge is -2.13. The molecule has 0 aliphatic carbocycles. The molecule has 0 spiro atoms. The first-order valence-electron chi connectivity index (χ1n) is 8.32. The van der Waals surface area contributed by atoms with E-state index in [1.807, 2.05) is 0 Å². The minimum absolute atomic E-state index is 0.277. The van der Waals surface area contributed by atoms with E-state index >= 15 is 0 Å². The number of halogens is 1. The van der Waals surface area contributed by atoms with Crippen molar-refractivity contribution in [2.24, 2.45) is 7.05 Å². The molecule has 3 aromatic rings. The Hall–Kier alpha value is -3.32. The second kappa shape index (κ2) is 7.74. The van der Waals surface area contributed by atoms with Gasteiger partial charge in [-0.15, -0.1) is 0 Å². The first-order chi connectivity index (χ1) is 13.3. The molecule has 0 unspecified atom stereocenters. The molecular formula is C20H16ClNO6. The number of aromatic hydroxyl groups is 1. The van der Waals surface area contributed by atoms with Gasteiger partial charge >= 0.3 is 5.97 Å². The van der Waals surface area contributed by atoms with Gasteiger partial charge in [-0.3, -0.25) is 14.4 Å². The number of Topliss-reactive ketones (excluding diaryl/α,β-unsaturated/α-hetero) is 1. The Balaban J connectivity index is 2.04. The lowest BCUT2D eigenvalue weighted by Crippen LogP contribution is -2.25. The molecule has 0 atom stereocenters. The zero-order valence-corrected chi connectivity index (χ0v) is 15.6. The highest BCUT2D eigenvalue weighted by molar-refractivity contribution is 6.30. The number of benzene rings is 2. The fraction of sp³-hybridized carbons (Fsp3) is 0.150. The van der Waals surface area contributed by atoms with E-state index in [0.29, 0.717) is 22.0 Å². The zero-order chi connectivity index (χ0) is 20.4. The van der Waals surface area contributed by atoms with Crippen molar-refractivity contribution in [3.63, 3.8) is 0 Å². The quantitative estimate of drug-likeness (QED) is 0.609. The summed E-state index contributed by atoms with van der Waals surface area (Å²) in [5.74, 6) is -1.44. The van der Waals surface area contributed by atoms with E-state index in [1.165, 1.54) is 17.7 Å². The van der Waals surface area contributed by atoms with Gasteiger partial charge in [0.15, 0.2) is 5.78 Å². The molecule has 2 N–H and O–H groups in total. The van der Waals surface area contributed by atoms with Gasteiger partial charge in [0.1, 0.15) is 22.8 Å². The SMILES string of the molecule is Cn1c(=O)c(C(=O)CCC(=O)O)c(O)c2ccc(Oc3cccc(Cl)c3)cc21. The van der Waals surface area contributed by atoms with E-state index < -0.39 is 35.0 Å². The number of aliphatic carboxylic acids is 1. The molecule has 0 aliphatic heterocycles. The second-order valence-corrected chi connectivity index (χ2v) is 6.58. The smallest absolute Gasteiger partial charge is 0.303 e. The molecule has 144 valence electrons. The predicted octanol–water partition coefficient (Wildman–Crippen LogP) is 3.74. The van der Waals surface area contributed by atoms with Crippen molar-refractivity contribution in [2.75, 3.05) is 0 Å². The average molecular weight is 402 g/mol. The number of carbonyl (C=O) groups excluding carboxylic acids is 1. The number of carbonyl (C=O) groups is 2. The predicted molar refractivity (Wildman–Crippen MR) is 104 cm³/mol. The van der Waals surface area contributed by atoms with Crippen LogP contribution in [0.25, 0.3) is 10.9 Å². The Morgan fingerprint density at radius 1 is 1.11 bits per heavy atom. The van der Waals surface area contributed by atoms with E-state index in [4.69, 9.17) is 21.4 Å². The number of carboxylic acids is 1. The minimum Gasteiger partial charge on any atom is -0.506 e. The largest absolute Gasteiger partial charge is 0.506 e. The number of ether oxygens (including phenoxy) is 1. The number of aromatic nitrogens is 1. The monoisotopic (exact) mass is 401 g/mol. The molecule has 0 bridgehead atoms. The molecule has 0 fully saturated rings. The van der Waals surface area contributed by atoms with Gasteiger partial charge in [0.2, 0.25) is 0 Å². The summed E-state index contributed by atoms with van der Waals surface area (Å²) in [4.78, 5) is 35.5. The molecule has 0 radical (unpaired) electrons. The fourth-order valence-corrected chi connectivity index (χ4v) is 3.01. The summed E-state index contributed by atoms with van der Waals surface area (Å²) < 4.78 is 6.95. The van der Waals surface area contributed by atoms with Gasteiger partial charge in [-0.2, -0.15) is 0 Å². The number of ketones is 1. The Kier molecular flexibility index (Phi) is 5.37. The molecule has 3 rings (SSSR count). The maximum absolute atomic E-state index is 12.6. The maximum atomic E-state index is 12.6. The Morgan fingerprint density at radius 3 is 2.50 bits per heavy atom. The summed E-state index contributed by atoms with van der Waals surface area (Å²) in [7, 11) is 1.46. The molecule has 0 aliphatic rings. The second-order valence-electron chi connectivity index (χ2n) is 6.14. The molecule has 7 nitrogen and oxygen atoms in total.